The van der Waals surface area contributed by atoms with Gasteiger partial charge >= 0.3 is 0 Å². The zero-order valence-electron chi connectivity index (χ0n) is 18.6. The minimum atomic E-state index is -0.262. The molecule has 2 atom stereocenters. The van der Waals surface area contributed by atoms with Gasteiger partial charge in [-0.3, -0.25) is 4.98 Å². The van der Waals surface area contributed by atoms with Crippen LogP contribution in [0.3, 0.4) is 0 Å². The zero-order chi connectivity index (χ0) is 23.3. The van der Waals surface area contributed by atoms with E-state index in [4.69, 9.17) is 12.2 Å². The Kier molecular flexibility index (Phi) is 6.53. The Morgan fingerprint density at radius 3 is 2.62 bits per heavy atom. The molecule has 0 bridgehead atoms. The van der Waals surface area contributed by atoms with E-state index in [0.29, 0.717) is 5.11 Å². The molecule has 0 amide bonds. The average molecular weight is 472 g/mol. The first-order chi connectivity index (χ1) is 16.7. The summed E-state index contributed by atoms with van der Waals surface area (Å²) in [5.41, 5.74) is 3.84. The Morgan fingerprint density at radius 2 is 1.82 bits per heavy atom. The summed E-state index contributed by atoms with van der Waals surface area (Å²) in [6.07, 6.45) is 4.67. The molecule has 34 heavy (non-hydrogen) atoms. The van der Waals surface area contributed by atoms with Crippen LogP contribution in [0, 0.1) is 5.82 Å². The third-order valence-corrected chi connectivity index (χ3v) is 6.40. The second kappa shape index (κ2) is 10.1. The normalized spacial score (nSPS) is 17.6. The van der Waals surface area contributed by atoms with Crippen molar-refractivity contribution >= 4 is 23.0 Å². The van der Waals surface area contributed by atoms with Gasteiger partial charge in [-0.1, -0.05) is 30.3 Å². The van der Waals surface area contributed by atoms with E-state index >= 15 is 0 Å². The Balaban J connectivity index is 1.43. The predicted molar refractivity (Wildman–Crippen MR) is 137 cm³/mol. The molecule has 1 aliphatic heterocycles. The van der Waals surface area contributed by atoms with E-state index in [-0.39, 0.29) is 17.9 Å². The van der Waals surface area contributed by atoms with Crippen molar-refractivity contribution in [2.45, 2.75) is 18.5 Å². The molecular formula is C27H26FN5S. The molecule has 5 nitrogen and oxygen atoms in total. The number of pyridine rings is 1. The lowest BCUT2D eigenvalue weighted by Crippen LogP contribution is -2.32. The van der Waals surface area contributed by atoms with Crippen molar-refractivity contribution in [1.82, 2.24) is 19.8 Å². The fourth-order valence-corrected chi connectivity index (χ4v) is 4.83. The van der Waals surface area contributed by atoms with Crippen LogP contribution in [0.5, 0.6) is 0 Å². The molecule has 5 rings (SSSR count). The summed E-state index contributed by atoms with van der Waals surface area (Å²) >= 11 is 5.79. The first-order valence-electron chi connectivity index (χ1n) is 11.4. The molecule has 1 saturated heterocycles. The Labute approximate surface area is 204 Å². The summed E-state index contributed by atoms with van der Waals surface area (Å²) in [5.74, 6) is -0.262. The van der Waals surface area contributed by atoms with E-state index in [1.807, 2.05) is 59.3 Å². The molecule has 0 radical (unpaired) electrons. The van der Waals surface area contributed by atoms with Crippen molar-refractivity contribution in [2.75, 3.05) is 18.4 Å². The van der Waals surface area contributed by atoms with Gasteiger partial charge in [0.1, 0.15) is 5.82 Å². The van der Waals surface area contributed by atoms with Crippen LogP contribution in [0.15, 0.2) is 97.3 Å². The summed E-state index contributed by atoms with van der Waals surface area (Å²) in [6.45, 7) is 1.60. The van der Waals surface area contributed by atoms with Crippen LogP contribution >= 0.6 is 12.2 Å². The topological polar surface area (TPSA) is 45.1 Å². The number of halogens is 1. The highest BCUT2D eigenvalue weighted by molar-refractivity contribution is 7.80. The first-order valence-corrected chi connectivity index (χ1v) is 11.8. The summed E-state index contributed by atoms with van der Waals surface area (Å²) in [6, 6.07) is 26.6. The van der Waals surface area contributed by atoms with Crippen LogP contribution in [0.2, 0.25) is 0 Å². The minimum Gasteiger partial charge on any atom is -0.385 e. The van der Waals surface area contributed by atoms with Gasteiger partial charge in [-0.05, 0) is 73.2 Å². The van der Waals surface area contributed by atoms with E-state index in [1.54, 1.807) is 18.3 Å². The van der Waals surface area contributed by atoms with E-state index in [1.165, 1.54) is 6.07 Å². The highest BCUT2D eigenvalue weighted by Gasteiger charge is 2.40. The summed E-state index contributed by atoms with van der Waals surface area (Å²) < 4.78 is 16.1. The molecule has 0 spiro atoms. The monoisotopic (exact) mass is 471 g/mol. The molecular weight excluding hydrogens is 445 g/mol. The molecule has 2 aromatic heterocycles. The Hall–Kier alpha value is -3.71. The van der Waals surface area contributed by atoms with E-state index in [0.717, 1.165) is 42.3 Å². The zero-order valence-corrected chi connectivity index (χ0v) is 19.5. The van der Waals surface area contributed by atoms with E-state index in [2.05, 4.69) is 38.7 Å². The molecule has 0 unspecified atom stereocenters. The van der Waals surface area contributed by atoms with Gasteiger partial charge in [-0.25, -0.2) is 4.39 Å². The fraction of sp³-hybridized carbons (Fsp3) is 0.185. The lowest BCUT2D eigenvalue weighted by Gasteiger charge is -2.29. The van der Waals surface area contributed by atoms with Crippen LogP contribution in [0.1, 0.15) is 29.9 Å². The molecule has 4 aromatic rings. The molecule has 7 heteroatoms. The largest absolute Gasteiger partial charge is 0.385 e. The summed E-state index contributed by atoms with van der Waals surface area (Å²) in [7, 11) is 0. The third-order valence-electron chi connectivity index (χ3n) is 6.05. The number of nitrogens with zero attached hydrogens (tertiary/aromatic N) is 3. The summed E-state index contributed by atoms with van der Waals surface area (Å²) in [5, 5.41) is 7.67. The van der Waals surface area contributed by atoms with Crippen LogP contribution in [0.4, 0.5) is 10.1 Å². The molecule has 172 valence electrons. The van der Waals surface area contributed by atoms with Gasteiger partial charge in [-0.15, -0.1) is 0 Å². The maximum absolute atomic E-state index is 14.0. The highest BCUT2D eigenvalue weighted by atomic mass is 32.1. The van der Waals surface area contributed by atoms with Crippen molar-refractivity contribution in [3.8, 4) is 5.69 Å². The number of para-hydroxylation sites is 1. The quantitative estimate of drug-likeness (QED) is 0.263. The molecule has 1 aliphatic rings. The van der Waals surface area contributed by atoms with E-state index in [9.17, 15) is 4.39 Å². The lowest BCUT2D eigenvalue weighted by molar-refractivity contribution is 0.307. The molecule has 2 aromatic carbocycles. The third kappa shape index (κ3) is 4.65. The molecule has 3 heterocycles. The van der Waals surface area contributed by atoms with E-state index < -0.39 is 0 Å². The maximum atomic E-state index is 14.0. The SMILES string of the molecule is Fc1cccc(-n2cccc2[C@H]2[C@@H](c3ccccn3)NC(=S)N2CCCNc2ccccc2)c1. The van der Waals surface area contributed by atoms with Gasteiger partial charge < -0.3 is 20.1 Å². The number of anilines is 1. The predicted octanol–water partition coefficient (Wildman–Crippen LogP) is 5.49. The van der Waals surface area contributed by atoms with Crippen molar-refractivity contribution in [3.63, 3.8) is 0 Å². The van der Waals surface area contributed by atoms with Gasteiger partial charge in [0.15, 0.2) is 5.11 Å². The van der Waals surface area contributed by atoms with Gasteiger partial charge in [-0.2, -0.15) is 0 Å². The van der Waals surface area contributed by atoms with Crippen molar-refractivity contribution in [2.24, 2.45) is 0 Å². The number of nitrogens with one attached hydrogen (secondary N) is 2. The fourth-order valence-electron chi connectivity index (χ4n) is 4.50. The summed E-state index contributed by atoms with van der Waals surface area (Å²) in [4.78, 5) is 6.84. The highest BCUT2D eigenvalue weighted by Crippen LogP contribution is 2.39. The second-order valence-corrected chi connectivity index (χ2v) is 8.64. The van der Waals surface area contributed by atoms with Crippen LogP contribution in [-0.2, 0) is 0 Å². The van der Waals surface area contributed by atoms with Gasteiger partial charge in [0.2, 0.25) is 0 Å². The maximum Gasteiger partial charge on any atom is 0.170 e. The van der Waals surface area contributed by atoms with Crippen molar-refractivity contribution < 1.29 is 4.39 Å². The van der Waals surface area contributed by atoms with Crippen molar-refractivity contribution in [3.05, 3.63) is 115 Å². The van der Waals surface area contributed by atoms with Gasteiger partial charge in [0.25, 0.3) is 0 Å². The van der Waals surface area contributed by atoms with Crippen LogP contribution in [0.25, 0.3) is 5.69 Å². The Bertz CT molecular complexity index is 1240. The molecule has 0 saturated carbocycles. The smallest absolute Gasteiger partial charge is 0.170 e. The van der Waals surface area contributed by atoms with Gasteiger partial charge in [0.05, 0.1) is 17.8 Å². The second-order valence-electron chi connectivity index (χ2n) is 8.25. The minimum absolute atomic E-state index is 0.0857. The van der Waals surface area contributed by atoms with Crippen LogP contribution < -0.4 is 10.6 Å². The number of benzene rings is 2. The first kappa shape index (κ1) is 22.1. The molecule has 0 aliphatic carbocycles. The number of thiocarbonyl (C=S) groups is 1. The molecule has 1 fully saturated rings. The molecule has 2 N–H and O–H groups in total. The average Bonchev–Trinajstić information content (AvgIpc) is 3.47. The standard InChI is InChI=1S/C27H26FN5S/c28-20-9-6-12-22(19-20)32-17-7-14-24(32)26-25(23-13-4-5-15-30-23)31-27(34)33(26)18-8-16-29-21-10-2-1-3-11-21/h1-7,9-15,17,19,25-26,29H,8,16,18H2,(H,31,34)/t25-,26+/m1/s1. The van der Waals surface area contributed by atoms with Crippen molar-refractivity contribution in [1.29, 1.82) is 0 Å². The number of hydrogen-bond acceptors (Lipinski definition) is 3. The Morgan fingerprint density at radius 1 is 0.971 bits per heavy atom. The van der Waals surface area contributed by atoms with Crippen LogP contribution in [-0.4, -0.2) is 32.7 Å². The number of hydrogen-bond donors (Lipinski definition) is 2. The number of rotatable bonds is 8. The van der Waals surface area contributed by atoms with Gasteiger partial charge in [0, 0.05) is 42.6 Å². The number of aromatic nitrogens is 2. The lowest BCUT2D eigenvalue weighted by atomic mass is 10.0.